The van der Waals surface area contributed by atoms with Crippen molar-refractivity contribution in [2.24, 2.45) is 11.8 Å². The number of likely N-dealkylation sites (tertiary alicyclic amines) is 1. The number of benzene rings is 1. The quantitative estimate of drug-likeness (QED) is 0.425. The third-order valence-corrected chi connectivity index (χ3v) is 7.95. The molecule has 1 aromatic heterocycles. The molecule has 1 aliphatic heterocycles. The molecule has 2 heterocycles. The van der Waals surface area contributed by atoms with E-state index in [-0.39, 0.29) is 0 Å². The zero-order valence-corrected chi connectivity index (χ0v) is 21.5. The molecular formula is C32H39NO. The molecule has 2 heteroatoms. The van der Waals surface area contributed by atoms with Crippen molar-refractivity contribution in [1.82, 2.24) is 4.90 Å². The minimum absolute atomic E-state index is 0.358. The monoisotopic (exact) mass is 453 g/mol. The van der Waals surface area contributed by atoms with Gasteiger partial charge in [0.2, 0.25) is 0 Å². The number of furan rings is 1. The highest BCUT2D eigenvalue weighted by Gasteiger charge is 2.30. The molecule has 1 saturated heterocycles. The first-order valence-electron chi connectivity index (χ1n) is 12.9. The van der Waals surface area contributed by atoms with Gasteiger partial charge in [0.1, 0.15) is 5.76 Å². The van der Waals surface area contributed by atoms with E-state index in [9.17, 15) is 0 Å². The number of terminal acetylenes is 1. The zero-order valence-electron chi connectivity index (χ0n) is 21.5. The Bertz CT molecular complexity index is 1120. The van der Waals surface area contributed by atoms with Crippen LogP contribution in [0.1, 0.15) is 76.3 Å². The first-order chi connectivity index (χ1) is 16.4. The molecule has 0 spiro atoms. The maximum atomic E-state index is 6.15. The molecule has 1 fully saturated rings. The standard InChI is InChI=1S/C32H39NO/c1-7-26-21-32(27-11-9-8-10-12-27)29(22(2)3)15-16-31(26)28-14-13-23(4)33(19-17-28)24(5)30-18-20-34-25(30)6/h1,8-12,16,18,20-24,28H,13-15,17,19H2,2-6H3/t23-,24?,28?/m1/s1. The Morgan fingerprint density at radius 2 is 1.82 bits per heavy atom. The first-order valence-corrected chi connectivity index (χ1v) is 12.9. The molecule has 4 rings (SSSR count). The van der Waals surface area contributed by atoms with Gasteiger partial charge in [-0.1, -0.05) is 61.7 Å². The predicted molar refractivity (Wildman–Crippen MR) is 143 cm³/mol. The lowest BCUT2D eigenvalue weighted by Crippen LogP contribution is -2.35. The Labute approximate surface area is 206 Å². The second-order valence-corrected chi connectivity index (χ2v) is 10.3. The number of hydrogen-bond acceptors (Lipinski definition) is 2. The van der Waals surface area contributed by atoms with Gasteiger partial charge in [0.05, 0.1) is 6.26 Å². The van der Waals surface area contributed by atoms with E-state index < -0.39 is 0 Å². The van der Waals surface area contributed by atoms with Crippen LogP contribution in [0.5, 0.6) is 0 Å². The summed E-state index contributed by atoms with van der Waals surface area (Å²) in [4.78, 5) is 2.65. The van der Waals surface area contributed by atoms with Gasteiger partial charge in [-0.05, 0) is 93.7 Å². The van der Waals surface area contributed by atoms with Crippen LogP contribution in [0.2, 0.25) is 0 Å². The molecule has 0 radical (unpaired) electrons. The Morgan fingerprint density at radius 1 is 1.06 bits per heavy atom. The molecule has 2 nitrogen and oxygen atoms in total. The second-order valence-electron chi connectivity index (χ2n) is 10.3. The summed E-state index contributed by atoms with van der Waals surface area (Å²) in [6, 6.07) is 13.7. The van der Waals surface area contributed by atoms with Crippen LogP contribution in [0.3, 0.4) is 0 Å². The van der Waals surface area contributed by atoms with Crippen LogP contribution in [0.4, 0.5) is 0 Å². The number of hydrogen-bond donors (Lipinski definition) is 0. The molecule has 0 amide bonds. The Morgan fingerprint density at radius 3 is 2.47 bits per heavy atom. The van der Waals surface area contributed by atoms with Gasteiger partial charge in [-0.3, -0.25) is 4.90 Å². The topological polar surface area (TPSA) is 16.4 Å². The minimum Gasteiger partial charge on any atom is -0.469 e. The van der Waals surface area contributed by atoms with E-state index in [1.807, 2.05) is 6.26 Å². The molecule has 3 atom stereocenters. The summed E-state index contributed by atoms with van der Waals surface area (Å²) in [5.74, 6) is 5.08. The fraction of sp³-hybridized carbons (Fsp3) is 0.438. The number of rotatable bonds is 5. The van der Waals surface area contributed by atoms with Crippen molar-refractivity contribution in [3.63, 3.8) is 0 Å². The van der Waals surface area contributed by atoms with Crippen LogP contribution >= 0.6 is 0 Å². The van der Waals surface area contributed by atoms with Crippen LogP contribution in [-0.2, 0) is 0 Å². The normalized spacial score (nSPS) is 23.1. The van der Waals surface area contributed by atoms with Gasteiger partial charge in [0.15, 0.2) is 0 Å². The third kappa shape index (κ3) is 5.01. The second kappa shape index (κ2) is 10.7. The van der Waals surface area contributed by atoms with E-state index in [1.165, 1.54) is 40.7 Å². The van der Waals surface area contributed by atoms with Crippen molar-refractivity contribution >= 4 is 5.57 Å². The van der Waals surface area contributed by atoms with Gasteiger partial charge in [-0.15, -0.1) is 6.42 Å². The molecule has 1 aliphatic carbocycles. The van der Waals surface area contributed by atoms with E-state index in [2.05, 4.69) is 94.0 Å². The fourth-order valence-electron chi connectivity index (χ4n) is 5.88. The summed E-state index contributed by atoms with van der Waals surface area (Å²) in [6.07, 6.45) is 17.2. The van der Waals surface area contributed by atoms with Crippen molar-refractivity contribution in [2.45, 2.75) is 72.4 Å². The smallest absolute Gasteiger partial charge is 0.105 e. The highest BCUT2D eigenvalue weighted by Crippen LogP contribution is 2.40. The number of aryl methyl sites for hydroxylation is 1. The zero-order chi connectivity index (χ0) is 24.2. The van der Waals surface area contributed by atoms with Gasteiger partial charge in [0, 0.05) is 23.2 Å². The van der Waals surface area contributed by atoms with Crippen LogP contribution in [0.25, 0.3) is 5.57 Å². The lowest BCUT2D eigenvalue weighted by Gasteiger charge is -2.33. The van der Waals surface area contributed by atoms with Gasteiger partial charge >= 0.3 is 0 Å². The first kappa shape index (κ1) is 24.4. The van der Waals surface area contributed by atoms with Crippen LogP contribution < -0.4 is 0 Å². The van der Waals surface area contributed by atoms with Crippen LogP contribution in [0.15, 0.2) is 75.9 Å². The summed E-state index contributed by atoms with van der Waals surface area (Å²) < 4.78 is 5.61. The van der Waals surface area contributed by atoms with E-state index in [1.54, 1.807) is 0 Å². The SMILES string of the molecule is C#CC1=CC(c2ccccc2)=C(C(C)C)CC=C1C1CC[C@@H](C)N(C(C)c2ccoc2C)CC1. The third-order valence-electron chi connectivity index (χ3n) is 7.95. The molecule has 0 N–H and O–H groups in total. The molecule has 2 aromatic rings. The molecular weight excluding hydrogens is 414 g/mol. The molecule has 2 unspecified atom stereocenters. The maximum Gasteiger partial charge on any atom is 0.105 e. The average Bonchev–Trinajstić information content (AvgIpc) is 3.05. The Balaban J connectivity index is 1.61. The lowest BCUT2D eigenvalue weighted by atomic mass is 9.85. The van der Waals surface area contributed by atoms with Gasteiger partial charge in [0.25, 0.3) is 0 Å². The van der Waals surface area contributed by atoms with E-state index in [0.717, 1.165) is 30.7 Å². The minimum atomic E-state index is 0.358. The van der Waals surface area contributed by atoms with Crippen LogP contribution in [-0.4, -0.2) is 17.5 Å². The summed E-state index contributed by atoms with van der Waals surface area (Å²) in [6.45, 7) is 12.4. The molecule has 0 bridgehead atoms. The molecule has 34 heavy (non-hydrogen) atoms. The lowest BCUT2D eigenvalue weighted by molar-refractivity contribution is 0.156. The van der Waals surface area contributed by atoms with Gasteiger partial charge < -0.3 is 4.42 Å². The van der Waals surface area contributed by atoms with Gasteiger partial charge in [-0.2, -0.15) is 0 Å². The molecule has 0 saturated carbocycles. The van der Waals surface area contributed by atoms with Crippen molar-refractivity contribution in [3.05, 3.63) is 88.4 Å². The summed E-state index contributed by atoms with van der Waals surface area (Å²) in [5.41, 5.74) is 7.80. The summed E-state index contributed by atoms with van der Waals surface area (Å²) >= 11 is 0. The van der Waals surface area contributed by atoms with E-state index >= 15 is 0 Å². The van der Waals surface area contributed by atoms with Crippen molar-refractivity contribution in [1.29, 1.82) is 0 Å². The Kier molecular flexibility index (Phi) is 7.64. The number of allylic oxidation sites excluding steroid dienone is 6. The van der Waals surface area contributed by atoms with Crippen molar-refractivity contribution in [3.8, 4) is 12.3 Å². The summed E-state index contributed by atoms with van der Waals surface area (Å²) in [7, 11) is 0. The maximum absolute atomic E-state index is 6.15. The molecule has 1 aromatic carbocycles. The Hall–Kier alpha value is -2.76. The predicted octanol–water partition coefficient (Wildman–Crippen LogP) is 8.14. The summed E-state index contributed by atoms with van der Waals surface area (Å²) in [5, 5.41) is 0. The highest BCUT2D eigenvalue weighted by atomic mass is 16.3. The van der Waals surface area contributed by atoms with Gasteiger partial charge in [-0.25, -0.2) is 0 Å². The highest BCUT2D eigenvalue weighted by molar-refractivity contribution is 5.81. The van der Waals surface area contributed by atoms with E-state index in [4.69, 9.17) is 10.8 Å². The van der Waals surface area contributed by atoms with Crippen molar-refractivity contribution in [2.75, 3.05) is 6.54 Å². The van der Waals surface area contributed by atoms with Crippen LogP contribution in [0, 0.1) is 31.1 Å². The fourth-order valence-corrected chi connectivity index (χ4v) is 5.88. The molecule has 178 valence electrons. The van der Waals surface area contributed by atoms with Crippen molar-refractivity contribution < 1.29 is 4.42 Å². The number of nitrogens with zero attached hydrogens (tertiary/aromatic N) is 1. The molecule has 2 aliphatic rings. The largest absolute Gasteiger partial charge is 0.469 e. The average molecular weight is 454 g/mol. The van der Waals surface area contributed by atoms with E-state index in [0.29, 0.717) is 23.9 Å².